The van der Waals surface area contributed by atoms with E-state index in [1.165, 1.54) is 32.3 Å². The van der Waals surface area contributed by atoms with E-state index in [0.717, 1.165) is 9.80 Å². The highest BCUT2D eigenvalue weighted by atomic mass is 16.3. The molecule has 0 saturated carbocycles. The van der Waals surface area contributed by atoms with Crippen molar-refractivity contribution >= 4 is 23.9 Å². The van der Waals surface area contributed by atoms with Gasteiger partial charge in [-0.1, -0.05) is 12.1 Å². The van der Waals surface area contributed by atoms with Gasteiger partial charge in [-0.25, -0.2) is 4.79 Å². The number of nitrogens with zero attached hydrogens (tertiary/aromatic N) is 2. The smallest absolute Gasteiger partial charge is 0.333 e. The maximum absolute atomic E-state index is 11.9. The average Bonchev–Trinajstić information content (AvgIpc) is 2.41. The Hall–Kier alpha value is -2.63. The van der Waals surface area contributed by atoms with E-state index in [9.17, 15) is 14.4 Å². The number of benzene rings is 1. The molecule has 1 heterocycles. The summed E-state index contributed by atoms with van der Waals surface area (Å²) in [5.41, 5.74) is 0.501. The molecule has 0 bridgehead atoms. The summed E-state index contributed by atoms with van der Waals surface area (Å²) in [5, 5.41) is 9.17. The topological polar surface area (TPSA) is 77.9 Å². The molecule has 19 heavy (non-hydrogen) atoms. The normalized spacial score (nSPS) is 16.1. The summed E-state index contributed by atoms with van der Waals surface area (Å²) in [6, 6.07) is 5.38. The fourth-order valence-electron chi connectivity index (χ4n) is 1.71. The Morgan fingerprint density at radius 2 is 1.42 bits per heavy atom. The Kier molecular flexibility index (Phi) is 3.08. The van der Waals surface area contributed by atoms with Gasteiger partial charge in [0.05, 0.1) is 0 Å². The number of carbonyl (C=O) groups excluding carboxylic acids is 3. The molecule has 1 aromatic rings. The molecular weight excluding hydrogens is 248 g/mol. The van der Waals surface area contributed by atoms with Gasteiger partial charge in [-0.3, -0.25) is 19.4 Å². The van der Waals surface area contributed by atoms with Gasteiger partial charge in [0.15, 0.2) is 0 Å². The molecule has 1 fully saturated rings. The van der Waals surface area contributed by atoms with Crippen molar-refractivity contribution in [1.29, 1.82) is 0 Å². The van der Waals surface area contributed by atoms with Crippen LogP contribution in [0.3, 0.4) is 0 Å². The van der Waals surface area contributed by atoms with Gasteiger partial charge in [-0.15, -0.1) is 0 Å². The maximum Gasteiger partial charge on any atom is 0.333 e. The van der Waals surface area contributed by atoms with Gasteiger partial charge in [-0.2, -0.15) is 0 Å². The SMILES string of the molecule is CN1C(=O)C(=Cc2ccc(O)cc2)C(=O)N(C)C1=O. The Bertz CT molecular complexity index is 563. The molecule has 0 atom stereocenters. The number of barbiturate groups is 1. The van der Waals surface area contributed by atoms with Crippen molar-refractivity contribution in [3.05, 3.63) is 35.4 Å². The first-order valence-electron chi connectivity index (χ1n) is 5.52. The lowest BCUT2D eigenvalue weighted by atomic mass is 10.1. The summed E-state index contributed by atoms with van der Waals surface area (Å²) in [4.78, 5) is 37.1. The molecule has 98 valence electrons. The summed E-state index contributed by atoms with van der Waals surface area (Å²) in [6.07, 6.45) is 1.39. The van der Waals surface area contributed by atoms with E-state index < -0.39 is 17.8 Å². The van der Waals surface area contributed by atoms with Gasteiger partial charge >= 0.3 is 6.03 Å². The monoisotopic (exact) mass is 260 g/mol. The van der Waals surface area contributed by atoms with E-state index in [1.54, 1.807) is 12.1 Å². The van der Waals surface area contributed by atoms with Gasteiger partial charge in [0.1, 0.15) is 11.3 Å². The number of imide groups is 2. The van der Waals surface area contributed by atoms with Gasteiger partial charge in [0.25, 0.3) is 11.8 Å². The molecule has 1 aliphatic heterocycles. The number of rotatable bonds is 1. The fraction of sp³-hybridized carbons (Fsp3) is 0.154. The molecule has 1 N–H and O–H groups in total. The zero-order chi connectivity index (χ0) is 14.2. The minimum absolute atomic E-state index is 0.0877. The van der Waals surface area contributed by atoms with Crippen molar-refractivity contribution in [2.75, 3.05) is 14.1 Å². The van der Waals surface area contributed by atoms with Gasteiger partial charge in [-0.05, 0) is 23.8 Å². The fourth-order valence-corrected chi connectivity index (χ4v) is 1.71. The molecule has 0 aromatic heterocycles. The van der Waals surface area contributed by atoms with Crippen molar-refractivity contribution in [3.63, 3.8) is 0 Å². The first-order valence-corrected chi connectivity index (χ1v) is 5.52. The van der Waals surface area contributed by atoms with Crippen molar-refractivity contribution < 1.29 is 19.5 Å². The van der Waals surface area contributed by atoms with Crippen LogP contribution in [0.4, 0.5) is 4.79 Å². The Morgan fingerprint density at radius 3 is 1.89 bits per heavy atom. The third-order valence-electron chi connectivity index (χ3n) is 2.85. The zero-order valence-corrected chi connectivity index (χ0v) is 10.5. The third-order valence-corrected chi connectivity index (χ3v) is 2.85. The molecule has 1 aromatic carbocycles. The molecule has 0 radical (unpaired) electrons. The van der Waals surface area contributed by atoms with E-state index in [2.05, 4.69) is 0 Å². The second-order valence-corrected chi connectivity index (χ2v) is 4.16. The van der Waals surface area contributed by atoms with Gasteiger partial charge < -0.3 is 5.11 Å². The van der Waals surface area contributed by atoms with Gasteiger partial charge in [0, 0.05) is 14.1 Å². The van der Waals surface area contributed by atoms with E-state index in [0.29, 0.717) is 5.56 Å². The Labute approximate surface area is 109 Å². The van der Waals surface area contributed by atoms with Crippen LogP contribution >= 0.6 is 0 Å². The highest BCUT2D eigenvalue weighted by molar-refractivity contribution is 6.30. The molecule has 0 unspecified atom stereocenters. The van der Waals surface area contributed by atoms with Crippen LogP contribution in [0.2, 0.25) is 0 Å². The number of phenolic OH excluding ortho intramolecular Hbond substituents is 1. The third kappa shape index (κ3) is 2.20. The number of likely N-dealkylation sites (N-methyl/N-ethyl adjacent to an activating group) is 2. The first kappa shape index (κ1) is 12.8. The number of aromatic hydroxyl groups is 1. The summed E-state index contributed by atoms with van der Waals surface area (Å²) in [7, 11) is 2.64. The van der Waals surface area contributed by atoms with Crippen LogP contribution in [-0.4, -0.2) is 46.8 Å². The molecule has 0 aliphatic carbocycles. The standard InChI is InChI=1S/C13H12N2O4/c1-14-11(17)10(12(18)15(2)13(14)19)7-8-3-5-9(16)6-4-8/h3-7,16H,1-2H3. The molecule has 1 aliphatic rings. The van der Waals surface area contributed by atoms with Crippen LogP contribution in [0.15, 0.2) is 29.8 Å². The van der Waals surface area contributed by atoms with Crippen LogP contribution < -0.4 is 0 Å². The zero-order valence-electron chi connectivity index (χ0n) is 10.5. The quantitative estimate of drug-likeness (QED) is 0.599. The molecule has 1 saturated heterocycles. The summed E-state index contributed by atoms with van der Waals surface area (Å²) >= 11 is 0. The van der Waals surface area contributed by atoms with Crippen molar-refractivity contribution in [1.82, 2.24) is 9.80 Å². The van der Waals surface area contributed by atoms with E-state index >= 15 is 0 Å². The predicted octanol–water partition coefficient (Wildman–Crippen LogP) is 0.826. The molecule has 6 nitrogen and oxygen atoms in total. The first-order chi connectivity index (χ1) is 8.91. The minimum Gasteiger partial charge on any atom is -0.508 e. The summed E-state index contributed by atoms with van der Waals surface area (Å²) in [5.74, 6) is -1.18. The van der Waals surface area contributed by atoms with Crippen molar-refractivity contribution in [2.45, 2.75) is 0 Å². The summed E-state index contributed by atoms with van der Waals surface area (Å²) in [6.45, 7) is 0. The van der Waals surface area contributed by atoms with Crippen LogP contribution in [-0.2, 0) is 9.59 Å². The lowest BCUT2D eigenvalue weighted by Gasteiger charge is -2.28. The highest BCUT2D eigenvalue weighted by Gasteiger charge is 2.37. The van der Waals surface area contributed by atoms with Gasteiger partial charge in [0.2, 0.25) is 0 Å². The molecule has 2 rings (SSSR count). The number of hydrogen-bond donors (Lipinski definition) is 1. The predicted molar refractivity (Wildman–Crippen MR) is 67.0 cm³/mol. The number of phenols is 1. The van der Waals surface area contributed by atoms with Crippen LogP contribution in [0.1, 0.15) is 5.56 Å². The lowest BCUT2D eigenvalue weighted by Crippen LogP contribution is -2.52. The average molecular weight is 260 g/mol. The summed E-state index contributed by atoms with van der Waals surface area (Å²) < 4.78 is 0. The number of hydrogen-bond acceptors (Lipinski definition) is 4. The van der Waals surface area contributed by atoms with Crippen LogP contribution in [0.25, 0.3) is 6.08 Å². The molecular formula is C13H12N2O4. The minimum atomic E-state index is -0.655. The lowest BCUT2D eigenvalue weighted by molar-refractivity contribution is -0.134. The van der Waals surface area contributed by atoms with Crippen molar-refractivity contribution in [3.8, 4) is 5.75 Å². The Balaban J connectivity index is 2.42. The number of carbonyl (C=O) groups is 3. The Morgan fingerprint density at radius 1 is 0.947 bits per heavy atom. The maximum atomic E-state index is 11.9. The van der Waals surface area contributed by atoms with E-state index in [-0.39, 0.29) is 11.3 Å². The molecule has 6 heteroatoms. The van der Waals surface area contributed by atoms with Crippen LogP contribution in [0.5, 0.6) is 5.75 Å². The number of amides is 4. The van der Waals surface area contributed by atoms with Crippen molar-refractivity contribution in [2.24, 2.45) is 0 Å². The molecule has 4 amide bonds. The van der Waals surface area contributed by atoms with Crippen LogP contribution in [0, 0.1) is 0 Å². The largest absolute Gasteiger partial charge is 0.508 e. The highest BCUT2D eigenvalue weighted by Crippen LogP contribution is 2.19. The second kappa shape index (κ2) is 4.56. The second-order valence-electron chi connectivity index (χ2n) is 4.16. The number of urea groups is 1. The van der Waals surface area contributed by atoms with E-state index in [1.807, 2.05) is 0 Å². The van der Waals surface area contributed by atoms with E-state index in [4.69, 9.17) is 5.11 Å². The molecule has 0 spiro atoms.